The van der Waals surface area contributed by atoms with Gasteiger partial charge >= 0.3 is 5.97 Å². The predicted molar refractivity (Wildman–Crippen MR) is 133 cm³/mol. The molecule has 0 amide bonds. The van der Waals surface area contributed by atoms with Crippen LogP contribution in [0.3, 0.4) is 0 Å². The Balaban J connectivity index is 3.14. The zero-order valence-electron chi connectivity index (χ0n) is 20.4. The van der Waals surface area contributed by atoms with E-state index >= 15 is 0 Å². The molecule has 0 saturated carbocycles. The third-order valence-corrected chi connectivity index (χ3v) is 5.75. The fourth-order valence-corrected chi connectivity index (χ4v) is 3.79. The second kappa shape index (κ2) is 24.2. The van der Waals surface area contributed by atoms with Crippen molar-refractivity contribution in [3.8, 4) is 0 Å². The van der Waals surface area contributed by atoms with Crippen LogP contribution < -0.4 is 0 Å². The first kappa shape index (κ1) is 28.9. The summed E-state index contributed by atoms with van der Waals surface area (Å²) in [4.78, 5) is 10.4. The highest BCUT2D eigenvalue weighted by atomic mass is 16.4. The van der Waals surface area contributed by atoms with E-state index in [4.69, 9.17) is 5.11 Å². The van der Waals surface area contributed by atoms with Crippen LogP contribution in [0.1, 0.15) is 142 Å². The quantitative estimate of drug-likeness (QED) is 0.132. The first-order valence-corrected chi connectivity index (χ1v) is 13.1. The molecule has 1 N–H and O–H groups in total. The molecule has 30 heavy (non-hydrogen) atoms. The molecule has 0 aromatic rings. The molecular weight excluding hydrogens is 368 g/mol. The van der Waals surface area contributed by atoms with Gasteiger partial charge in [-0.15, -0.1) is 0 Å². The average molecular weight is 421 g/mol. The molecular formula is C28H52O2. The van der Waals surface area contributed by atoms with E-state index in [9.17, 15) is 4.79 Å². The van der Waals surface area contributed by atoms with Gasteiger partial charge in [0.1, 0.15) is 0 Å². The lowest BCUT2D eigenvalue weighted by molar-refractivity contribution is -0.137. The van der Waals surface area contributed by atoms with Crippen molar-refractivity contribution in [1.82, 2.24) is 0 Å². The normalized spacial score (nSPS) is 12.0. The van der Waals surface area contributed by atoms with Gasteiger partial charge in [0, 0.05) is 6.42 Å². The monoisotopic (exact) mass is 420 g/mol. The van der Waals surface area contributed by atoms with Gasteiger partial charge in [0.05, 0.1) is 0 Å². The number of carboxylic acid groups (broad SMARTS) is 1. The van der Waals surface area contributed by atoms with Gasteiger partial charge in [0.15, 0.2) is 0 Å². The molecule has 0 aliphatic rings. The summed E-state index contributed by atoms with van der Waals surface area (Å²) >= 11 is 0. The van der Waals surface area contributed by atoms with Crippen LogP contribution in [-0.2, 0) is 4.79 Å². The number of unbranched alkanes of at least 4 members (excludes halogenated alkanes) is 15. The highest BCUT2D eigenvalue weighted by molar-refractivity contribution is 5.66. The third kappa shape index (κ3) is 27.0. The number of aliphatic carboxylic acids is 1. The van der Waals surface area contributed by atoms with Gasteiger partial charge in [-0.25, -0.2) is 0 Å². The molecule has 0 rings (SSSR count). The van der Waals surface area contributed by atoms with Gasteiger partial charge in [-0.3, -0.25) is 4.79 Å². The molecule has 0 unspecified atom stereocenters. The van der Waals surface area contributed by atoms with Crippen LogP contribution in [0.15, 0.2) is 24.3 Å². The summed E-state index contributed by atoms with van der Waals surface area (Å²) in [7, 11) is 0. The Labute approximate surface area is 188 Å². The standard InChI is InChI=1S/C28H52O2/c1-27(2)25-23-21-19-17-15-13-11-9-7-5-3-4-6-8-10-12-14-16-18-20-22-24-26-28(29)30/h10,12,18,20,27H,3-9,11,13-17,19,21-26H2,1-2H3,(H,29,30). The van der Waals surface area contributed by atoms with Crippen molar-refractivity contribution >= 4 is 5.97 Å². The number of hydrogen-bond acceptors (Lipinski definition) is 1. The molecule has 0 aliphatic heterocycles. The average Bonchev–Trinajstić information content (AvgIpc) is 2.70. The van der Waals surface area contributed by atoms with Crippen LogP contribution in [0.4, 0.5) is 0 Å². The third-order valence-electron chi connectivity index (χ3n) is 5.75. The molecule has 0 bridgehead atoms. The molecule has 2 nitrogen and oxygen atoms in total. The zero-order chi connectivity index (χ0) is 22.1. The lowest BCUT2D eigenvalue weighted by atomic mass is 10.0. The topological polar surface area (TPSA) is 37.3 Å². The van der Waals surface area contributed by atoms with E-state index in [2.05, 4.69) is 38.2 Å². The van der Waals surface area contributed by atoms with E-state index in [1.165, 1.54) is 96.3 Å². The number of hydrogen-bond donors (Lipinski definition) is 1. The summed E-state index contributed by atoms with van der Waals surface area (Å²) in [6.45, 7) is 4.66. The Morgan fingerprint density at radius 1 is 0.567 bits per heavy atom. The molecule has 0 fully saturated rings. The Hall–Kier alpha value is -1.05. The van der Waals surface area contributed by atoms with Crippen molar-refractivity contribution in [2.24, 2.45) is 5.92 Å². The van der Waals surface area contributed by atoms with Gasteiger partial charge in [0.2, 0.25) is 0 Å². The Morgan fingerprint density at radius 3 is 1.37 bits per heavy atom. The fourth-order valence-electron chi connectivity index (χ4n) is 3.79. The van der Waals surface area contributed by atoms with E-state index in [-0.39, 0.29) is 6.42 Å². The molecule has 0 saturated heterocycles. The minimum Gasteiger partial charge on any atom is -0.481 e. The molecule has 176 valence electrons. The molecule has 0 atom stereocenters. The largest absolute Gasteiger partial charge is 0.481 e. The van der Waals surface area contributed by atoms with Crippen molar-refractivity contribution in [2.75, 3.05) is 0 Å². The molecule has 0 aromatic heterocycles. The summed E-state index contributed by atoms with van der Waals surface area (Å²) < 4.78 is 0. The second-order valence-electron chi connectivity index (χ2n) is 9.37. The van der Waals surface area contributed by atoms with Gasteiger partial charge in [0.25, 0.3) is 0 Å². The second-order valence-corrected chi connectivity index (χ2v) is 9.37. The Kier molecular flexibility index (Phi) is 23.4. The molecule has 0 spiro atoms. The van der Waals surface area contributed by atoms with Crippen LogP contribution >= 0.6 is 0 Å². The van der Waals surface area contributed by atoms with E-state index in [1.807, 2.05) is 0 Å². The molecule has 0 aromatic carbocycles. The molecule has 0 aliphatic carbocycles. The van der Waals surface area contributed by atoms with Crippen molar-refractivity contribution in [3.63, 3.8) is 0 Å². The minimum absolute atomic E-state index is 0.281. The summed E-state index contributed by atoms with van der Waals surface area (Å²) in [5.41, 5.74) is 0. The maximum Gasteiger partial charge on any atom is 0.303 e. The zero-order valence-corrected chi connectivity index (χ0v) is 20.4. The first-order chi connectivity index (χ1) is 14.6. The summed E-state index contributed by atoms with van der Waals surface area (Å²) in [6, 6.07) is 0. The SMILES string of the molecule is CC(C)CCCCCCCCCCCCCCCC=CCCC=CCCCC(=O)O. The fraction of sp³-hybridized carbons (Fsp3) is 0.821. The maximum absolute atomic E-state index is 10.4. The highest BCUT2D eigenvalue weighted by Gasteiger charge is 1.96. The van der Waals surface area contributed by atoms with Gasteiger partial charge in [-0.05, 0) is 44.4 Å². The summed E-state index contributed by atoms with van der Waals surface area (Å²) in [5, 5.41) is 8.56. The van der Waals surface area contributed by atoms with E-state index < -0.39 is 5.97 Å². The summed E-state index contributed by atoms with van der Waals surface area (Å²) in [6.07, 6.45) is 34.2. The highest BCUT2D eigenvalue weighted by Crippen LogP contribution is 2.14. The van der Waals surface area contributed by atoms with Crippen LogP contribution in [0, 0.1) is 5.92 Å². The van der Waals surface area contributed by atoms with Crippen molar-refractivity contribution in [3.05, 3.63) is 24.3 Å². The first-order valence-electron chi connectivity index (χ1n) is 13.1. The van der Waals surface area contributed by atoms with Crippen LogP contribution in [0.5, 0.6) is 0 Å². The Bertz CT molecular complexity index is 409. The molecule has 0 radical (unpaired) electrons. The van der Waals surface area contributed by atoms with E-state index in [1.54, 1.807) is 0 Å². The van der Waals surface area contributed by atoms with E-state index in [0.29, 0.717) is 0 Å². The van der Waals surface area contributed by atoms with Crippen molar-refractivity contribution < 1.29 is 9.90 Å². The number of carboxylic acids is 1. The summed E-state index contributed by atoms with van der Waals surface area (Å²) in [5.74, 6) is 0.184. The van der Waals surface area contributed by atoms with Crippen molar-refractivity contribution in [1.29, 1.82) is 0 Å². The molecule has 0 heterocycles. The van der Waals surface area contributed by atoms with Crippen LogP contribution in [0.2, 0.25) is 0 Å². The smallest absolute Gasteiger partial charge is 0.303 e. The molecule has 2 heteroatoms. The lowest BCUT2D eigenvalue weighted by Crippen LogP contribution is -1.92. The van der Waals surface area contributed by atoms with Gasteiger partial charge in [-0.1, -0.05) is 122 Å². The number of carbonyl (C=O) groups is 1. The van der Waals surface area contributed by atoms with Crippen molar-refractivity contribution in [2.45, 2.75) is 142 Å². The van der Waals surface area contributed by atoms with Crippen LogP contribution in [0.25, 0.3) is 0 Å². The Morgan fingerprint density at radius 2 is 0.933 bits per heavy atom. The van der Waals surface area contributed by atoms with Gasteiger partial charge < -0.3 is 5.11 Å². The lowest BCUT2D eigenvalue weighted by Gasteiger charge is -2.04. The van der Waals surface area contributed by atoms with Gasteiger partial charge in [-0.2, -0.15) is 0 Å². The maximum atomic E-state index is 10.4. The number of allylic oxidation sites excluding steroid dienone is 4. The number of rotatable bonds is 23. The van der Waals surface area contributed by atoms with E-state index in [0.717, 1.165) is 31.6 Å². The predicted octanol–water partition coefficient (Wildman–Crippen LogP) is 9.64. The minimum atomic E-state index is -0.695. The van der Waals surface area contributed by atoms with Crippen LogP contribution in [-0.4, -0.2) is 11.1 Å².